The van der Waals surface area contributed by atoms with Crippen LogP contribution in [0.25, 0.3) is 0 Å². The molecule has 0 aromatic heterocycles. The van der Waals surface area contributed by atoms with Gasteiger partial charge in [0.05, 0.1) is 0 Å². The van der Waals surface area contributed by atoms with Crippen LogP contribution in [0.5, 0.6) is 0 Å². The number of hydrogen-bond donors (Lipinski definition) is 1. The van der Waals surface area contributed by atoms with E-state index in [1.165, 1.54) is 30.4 Å². The van der Waals surface area contributed by atoms with E-state index in [2.05, 4.69) is 80.0 Å². The summed E-state index contributed by atoms with van der Waals surface area (Å²) in [5.41, 5.74) is 2.84. The minimum atomic E-state index is 0.451. The molecule has 0 saturated carbocycles. The van der Waals surface area contributed by atoms with Crippen molar-refractivity contribution in [3.05, 3.63) is 71.8 Å². The van der Waals surface area contributed by atoms with Gasteiger partial charge in [-0.1, -0.05) is 67.6 Å². The van der Waals surface area contributed by atoms with E-state index in [1.807, 2.05) is 0 Å². The zero-order chi connectivity index (χ0) is 14.2. The summed E-state index contributed by atoms with van der Waals surface area (Å²) >= 11 is 0. The molecule has 0 bridgehead atoms. The second kappa shape index (κ2) is 7.86. The van der Waals surface area contributed by atoms with Crippen molar-refractivity contribution in [1.29, 1.82) is 0 Å². The summed E-state index contributed by atoms with van der Waals surface area (Å²) in [5.74, 6) is 0.645. The quantitative estimate of drug-likeness (QED) is 0.772. The number of hydrogen-bond acceptors (Lipinski definition) is 1. The summed E-state index contributed by atoms with van der Waals surface area (Å²) in [6.45, 7) is 2.35. The monoisotopic (exact) mass is 267 g/mol. The van der Waals surface area contributed by atoms with E-state index < -0.39 is 0 Å². The van der Waals surface area contributed by atoms with Crippen LogP contribution in [0.15, 0.2) is 60.7 Å². The van der Waals surface area contributed by atoms with Crippen molar-refractivity contribution in [2.45, 2.75) is 32.2 Å². The van der Waals surface area contributed by atoms with Crippen LogP contribution in [0.2, 0.25) is 0 Å². The Kier molecular flexibility index (Phi) is 5.82. The van der Waals surface area contributed by atoms with Crippen molar-refractivity contribution < 1.29 is 0 Å². The fourth-order valence-electron chi connectivity index (χ4n) is 2.88. The molecule has 1 nitrogen and oxygen atoms in total. The maximum atomic E-state index is 3.47. The number of benzene rings is 2. The summed E-state index contributed by atoms with van der Waals surface area (Å²) < 4.78 is 0. The van der Waals surface area contributed by atoms with Crippen LogP contribution in [-0.2, 0) is 6.42 Å². The van der Waals surface area contributed by atoms with Gasteiger partial charge in [0.2, 0.25) is 0 Å². The van der Waals surface area contributed by atoms with Crippen LogP contribution in [0, 0.1) is 5.92 Å². The highest BCUT2D eigenvalue weighted by Gasteiger charge is 2.16. The summed E-state index contributed by atoms with van der Waals surface area (Å²) in [6, 6.07) is 22.0. The lowest BCUT2D eigenvalue weighted by atomic mass is 9.90. The first-order valence-corrected chi connectivity index (χ1v) is 7.57. The molecule has 1 N–H and O–H groups in total. The van der Waals surface area contributed by atoms with Crippen molar-refractivity contribution in [2.75, 3.05) is 7.05 Å². The highest BCUT2D eigenvalue weighted by atomic mass is 14.9. The minimum absolute atomic E-state index is 0.451. The highest BCUT2D eigenvalue weighted by molar-refractivity contribution is 5.19. The van der Waals surface area contributed by atoms with Crippen molar-refractivity contribution in [3.8, 4) is 0 Å². The third-order valence-corrected chi connectivity index (χ3v) is 4.01. The van der Waals surface area contributed by atoms with Gasteiger partial charge in [0, 0.05) is 6.04 Å². The van der Waals surface area contributed by atoms with Crippen LogP contribution in [0.1, 0.15) is 36.9 Å². The fourth-order valence-corrected chi connectivity index (χ4v) is 2.88. The molecule has 0 amide bonds. The van der Waals surface area contributed by atoms with E-state index in [-0.39, 0.29) is 0 Å². The maximum Gasteiger partial charge on any atom is 0.0343 e. The largest absolute Gasteiger partial charge is 0.313 e. The van der Waals surface area contributed by atoms with Gasteiger partial charge in [-0.3, -0.25) is 0 Å². The van der Waals surface area contributed by atoms with E-state index in [0.29, 0.717) is 12.0 Å². The Balaban J connectivity index is 1.85. The van der Waals surface area contributed by atoms with Gasteiger partial charge in [0.1, 0.15) is 0 Å². The van der Waals surface area contributed by atoms with E-state index in [4.69, 9.17) is 0 Å². The van der Waals surface area contributed by atoms with Crippen LogP contribution in [0.3, 0.4) is 0 Å². The molecular weight excluding hydrogens is 242 g/mol. The summed E-state index contributed by atoms with van der Waals surface area (Å²) in [5, 5.41) is 3.47. The molecule has 20 heavy (non-hydrogen) atoms. The topological polar surface area (TPSA) is 12.0 Å². The minimum Gasteiger partial charge on any atom is -0.313 e. The average Bonchev–Trinajstić information content (AvgIpc) is 2.50. The molecule has 2 unspecified atom stereocenters. The molecule has 2 aromatic carbocycles. The molecule has 106 valence electrons. The molecule has 0 saturated heterocycles. The van der Waals surface area contributed by atoms with Crippen molar-refractivity contribution in [1.82, 2.24) is 5.32 Å². The van der Waals surface area contributed by atoms with Crippen LogP contribution in [-0.4, -0.2) is 7.05 Å². The smallest absolute Gasteiger partial charge is 0.0343 e. The third kappa shape index (κ3) is 4.21. The van der Waals surface area contributed by atoms with Crippen LogP contribution in [0.4, 0.5) is 0 Å². The summed E-state index contributed by atoms with van der Waals surface area (Å²) in [4.78, 5) is 0. The van der Waals surface area contributed by atoms with Gasteiger partial charge in [0.25, 0.3) is 0 Å². The van der Waals surface area contributed by atoms with Crippen LogP contribution >= 0.6 is 0 Å². The normalized spacial score (nSPS) is 13.9. The second-order valence-electron chi connectivity index (χ2n) is 5.53. The molecule has 2 rings (SSSR count). The van der Waals surface area contributed by atoms with Gasteiger partial charge in [-0.15, -0.1) is 0 Å². The molecular formula is C19H25N. The van der Waals surface area contributed by atoms with Gasteiger partial charge in [-0.25, -0.2) is 0 Å². The Hall–Kier alpha value is -1.60. The van der Waals surface area contributed by atoms with Gasteiger partial charge >= 0.3 is 0 Å². The summed E-state index contributed by atoms with van der Waals surface area (Å²) in [6.07, 6.45) is 3.67. The zero-order valence-electron chi connectivity index (χ0n) is 12.5. The first kappa shape index (κ1) is 14.8. The van der Waals surface area contributed by atoms with Gasteiger partial charge in [0.15, 0.2) is 0 Å². The SMILES string of the molecule is CNC(c1ccccc1)C(C)CCCc1ccccc1. The second-order valence-corrected chi connectivity index (χ2v) is 5.53. The zero-order valence-corrected chi connectivity index (χ0v) is 12.5. The fraction of sp³-hybridized carbons (Fsp3) is 0.368. The predicted octanol–water partition coefficient (Wildman–Crippen LogP) is 4.61. The number of rotatable bonds is 7. The third-order valence-electron chi connectivity index (χ3n) is 4.01. The highest BCUT2D eigenvalue weighted by Crippen LogP contribution is 2.25. The van der Waals surface area contributed by atoms with E-state index in [9.17, 15) is 0 Å². The van der Waals surface area contributed by atoms with E-state index >= 15 is 0 Å². The molecule has 0 aliphatic rings. The molecule has 2 atom stereocenters. The maximum absolute atomic E-state index is 3.47. The molecule has 0 aliphatic carbocycles. The number of aryl methyl sites for hydroxylation is 1. The molecule has 0 heterocycles. The van der Waals surface area contributed by atoms with E-state index in [0.717, 1.165) is 0 Å². The Morgan fingerprint density at radius 3 is 2.10 bits per heavy atom. The Morgan fingerprint density at radius 2 is 1.50 bits per heavy atom. The first-order valence-electron chi connectivity index (χ1n) is 7.57. The lowest BCUT2D eigenvalue weighted by Crippen LogP contribution is -2.23. The lowest BCUT2D eigenvalue weighted by Gasteiger charge is -2.24. The van der Waals surface area contributed by atoms with Crippen LogP contribution < -0.4 is 5.32 Å². The molecule has 0 aliphatic heterocycles. The molecule has 0 spiro atoms. The van der Waals surface area contributed by atoms with Crippen molar-refractivity contribution in [3.63, 3.8) is 0 Å². The average molecular weight is 267 g/mol. The van der Waals surface area contributed by atoms with Crippen molar-refractivity contribution >= 4 is 0 Å². The van der Waals surface area contributed by atoms with E-state index in [1.54, 1.807) is 0 Å². The molecule has 0 fully saturated rings. The summed E-state index contributed by atoms with van der Waals surface area (Å²) in [7, 11) is 2.06. The van der Waals surface area contributed by atoms with Gasteiger partial charge in [-0.2, -0.15) is 0 Å². The molecule has 2 aromatic rings. The van der Waals surface area contributed by atoms with Gasteiger partial charge < -0.3 is 5.32 Å². The lowest BCUT2D eigenvalue weighted by molar-refractivity contribution is 0.378. The number of nitrogens with one attached hydrogen (secondary N) is 1. The van der Waals surface area contributed by atoms with Crippen molar-refractivity contribution in [2.24, 2.45) is 5.92 Å². The van der Waals surface area contributed by atoms with Gasteiger partial charge in [-0.05, 0) is 43.4 Å². The Morgan fingerprint density at radius 1 is 0.900 bits per heavy atom. The molecule has 0 radical (unpaired) electrons. The Bertz CT molecular complexity index is 478. The molecule has 1 heteroatoms. The Labute approximate surface area is 123 Å². The predicted molar refractivity (Wildman–Crippen MR) is 86.8 cm³/mol. The standard InChI is InChI=1S/C19H25N/c1-16(10-9-13-17-11-5-3-6-12-17)19(20-2)18-14-7-4-8-15-18/h3-8,11-12,14-16,19-20H,9-10,13H2,1-2H3. The first-order chi connectivity index (χ1) is 9.81.